The van der Waals surface area contributed by atoms with Gasteiger partial charge in [0.2, 0.25) is 0 Å². The van der Waals surface area contributed by atoms with Crippen LogP contribution in [0.4, 0.5) is 0 Å². The Morgan fingerprint density at radius 2 is 1.68 bits per heavy atom. The van der Waals surface area contributed by atoms with E-state index in [4.69, 9.17) is 16.6 Å². The van der Waals surface area contributed by atoms with Crippen molar-refractivity contribution < 1.29 is 4.79 Å². The number of aromatic nitrogens is 1. The molecule has 22 heavy (non-hydrogen) atoms. The summed E-state index contributed by atoms with van der Waals surface area (Å²) < 4.78 is 1.88. The molecule has 5 heteroatoms. The molecule has 0 bridgehead atoms. The lowest BCUT2D eigenvalue weighted by atomic mass is 9.98. The van der Waals surface area contributed by atoms with Crippen LogP contribution in [0.3, 0.4) is 0 Å². The number of rotatable bonds is 2. The third-order valence-electron chi connectivity index (χ3n) is 3.50. The highest BCUT2D eigenvalue weighted by Gasteiger charge is 2.17. The van der Waals surface area contributed by atoms with Gasteiger partial charge >= 0.3 is 0 Å². The summed E-state index contributed by atoms with van der Waals surface area (Å²) in [6, 6.07) is 13.5. The third-order valence-corrected chi connectivity index (χ3v) is 4.72. The Hall–Kier alpha value is -1.23. The zero-order valence-corrected chi connectivity index (χ0v) is 15.5. The van der Waals surface area contributed by atoms with Gasteiger partial charge in [0.1, 0.15) is 0 Å². The molecule has 2 nitrogen and oxygen atoms in total. The zero-order valence-electron chi connectivity index (χ0n) is 11.5. The number of halogens is 3. The molecule has 1 aromatic heterocycles. The molecular weight excluding hydrogens is 429 g/mol. The molecule has 1 heterocycles. The van der Waals surface area contributed by atoms with Crippen LogP contribution in [-0.2, 0) is 0 Å². The van der Waals surface area contributed by atoms with Gasteiger partial charge in [-0.05, 0) is 54.4 Å². The molecule has 0 unspecified atom stereocenters. The highest BCUT2D eigenvalue weighted by atomic mass is 79.9. The van der Waals surface area contributed by atoms with Gasteiger partial charge in [-0.25, -0.2) is 4.98 Å². The highest BCUT2D eigenvalue weighted by molar-refractivity contribution is 9.10. The van der Waals surface area contributed by atoms with Crippen LogP contribution in [0.2, 0.25) is 0 Å². The summed E-state index contributed by atoms with van der Waals surface area (Å²) in [6.07, 6.45) is 0. The average molecular weight is 440 g/mol. The lowest BCUT2D eigenvalue weighted by Gasteiger charge is -2.12. The predicted octanol–water partition coefficient (Wildman–Crippen LogP) is 6.11. The van der Waals surface area contributed by atoms with E-state index in [9.17, 15) is 4.79 Å². The first-order valence-corrected chi connectivity index (χ1v) is 8.49. The molecule has 0 saturated heterocycles. The van der Waals surface area contributed by atoms with Crippen LogP contribution in [0.1, 0.15) is 15.9 Å². The van der Waals surface area contributed by atoms with E-state index in [0.717, 1.165) is 36.7 Å². The summed E-state index contributed by atoms with van der Waals surface area (Å²) in [6.45, 7) is 1.88. The van der Waals surface area contributed by atoms with Crippen molar-refractivity contribution in [3.8, 4) is 11.3 Å². The molecule has 0 fully saturated rings. The standard InChI is InChI=1S/C17H10Br2ClNO/c1-9-15(17(20)22)13-8-12(19)6-7-14(13)21-16(9)10-2-4-11(18)5-3-10/h2-8H,1H3. The maximum atomic E-state index is 11.9. The molecular formula is C17H10Br2ClNO. The van der Waals surface area contributed by atoms with Gasteiger partial charge < -0.3 is 0 Å². The Kier molecular flexibility index (Phi) is 4.35. The number of nitrogens with zero attached hydrogens (tertiary/aromatic N) is 1. The quantitative estimate of drug-likeness (QED) is 0.451. The maximum Gasteiger partial charge on any atom is 0.253 e. The van der Waals surface area contributed by atoms with Gasteiger partial charge in [-0.3, -0.25) is 4.79 Å². The number of carbonyl (C=O) groups excluding carboxylic acids is 1. The second kappa shape index (κ2) is 6.11. The van der Waals surface area contributed by atoms with Crippen molar-refractivity contribution in [3.05, 3.63) is 62.5 Å². The number of carbonyl (C=O) groups is 1. The van der Waals surface area contributed by atoms with Crippen molar-refractivity contribution in [2.75, 3.05) is 0 Å². The summed E-state index contributed by atoms with van der Waals surface area (Å²) >= 11 is 12.7. The van der Waals surface area contributed by atoms with E-state index in [1.807, 2.05) is 49.4 Å². The van der Waals surface area contributed by atoms with E-state index < -0.39 is 5.24 Å². The van der Waals surface area contributed by atoms with Crippen LogP contribution in [0, 0.1) is 6.92 Å². The second-order valence-electron chi connectivity index (χ2n) is 4.90. The molecule has 0 aliphatic rings. The number of hydrogen-bond donors (Lipinski definition) is 0. The normalized spacial score (nSPS) is 10.9. The highest BCUT2D eigenvalue weighted by Crippen LogP contribution is 2.32. The predicted molar refractivity (Wildman–Crippen MR) is 97.5 cm³/mol. The van der Waals surface area contributed by atoms with Crippen LogP contribution in [-0.4, -0.2) is 10.2 Å². The fourth-order valence-corrected chi connectivity index (χ4v) is 3.34. The lowest BCUT2D eigenvalue weighted by Crippen LogP contribution is -2.01. The molecule has 3 aromatic rings. The molecule has 0 saturated carbocycles. The van der Waals surface area contributed by atoms with Crippen LogP contribution in [0.15, 0.2) is 51.4 Å². The van der Waals surface area contributed by atoms with Crippen molar-refractivity contribution in [2.24, 2.45) is 0 Å². The van der Waals surface area contributed by atoms with Gasteiger partial charge in [-0.1, -0.05) is 44.0 Å². The van der Waals surface area contributed by atoms with Crippen LogP contribution < -0.4 is 0 Å². The van der Waals surface area contributed by atoms with E-state index in [2.05, 4.69) is 31.9 Å². The van der Waals surface area contributed by atoms with Crippen molar-refractivity contribution in [2.45, 2.75) is 6.92 Å². The summed E-state index contributed by atoms with van der Waals surface area (Å²) in [4.78, 5) is 16.7. The van der Waals surface area contributed by atoms with Gasteiger partial charge in [0.15, 0.2) is 0 Å². The van der Waals surface area contributed by atoms with E-state index in [1.54, 1.807) is 0 Å². The SMILES string of the molecule is Cc1c(-c2ccc(Br)cc2)nc2ccc(Br)cc2c1C(=O)Cl. The Morgan fingerprint density at radius 1 is 1.05 bits per heavy atom. The molecule has 110 valence electrons. The first-order chi connectivity index (χ1) is 10.5. The summed E-state index contributed by atoms with van der Waals surface area (Å²) in [5.74, 6) is 0. The van der Waals surface area contributed by atoms with Crippen molar-refractivity contribution >= 4 is 59.6 Å². The van der Waals surface area contributed by atoms with Gasteiger partial charge in [0, 0.05) is 25.5 Å². The molecule has 0 aliphatic carbocycles. The molecule has 3 rings (SSSR count). The molecule has 0 amide bonds. The summed E-state index contributed by atoms with van der Waals surface area (Å²) in [5.41, 5.74) is 3.76. The molecule has 0 N–H and O–H groups in total. The largest absolute Gasteiger partial charge is 0.276 e. The summed E-state index contributed by atoms with van der Waals surface area (Å²) in [7, 11) is 0. The number of benzene rings is 2. The van der Waals surface area contributed by atoms with Crippen LogP contribution in [0.25, 0.3) is 22.2 Å². The minimum absolute atomic E-state index is 0.471. The fourth-order valence-electron chi connectivity index (χ4n) is 2.47. The minimum atomic E-state index is -0.471. The minimum Gasteiger partial charge on any atom is -0.276 e. The smallest absolute Gasteiger partial charge is 0.253 e. The number of hydrogen-bond acceptors (Lipinski definition) is 2. The first-order valence-electron chi connectivity index (χ1n) is 6.53. The van der Waals surface area contributed by atoms with Crippen molar-refractivity contribution in [1.82, 2.24) is 4.98 Å². The van der Waals surface area contributed by atoms with Crippen LogP contribution in [0.5, 0.6) is 0 Å². The van der Waals surface area contributed by atoms with E-state index in [1.165, 1.54) is 0 Å². The number of pyridine rings is 1. The third kappa shape index (κ3) is 2.83. The lowest BCUT2D eigenvalue weighted by molar-refractivity contribution is 0.108. The summed E-state index contributed by atoms with van der Waals surface area (Å²) in [5, 5.41) is 0.286. The van der Waals surface area contributed by atoms with E-state index >= 15 is 0 Å². The molecule has 0 radical (unpaired) electrons. The average Bonchev–Trinajstić information content (AvgIpc) is 2.47. The second-order valence-corrected chi connectivity index (χ2v) is 7.08. The van der Waals surface area contributed by atoms with Gasteiger partial charge in [0.25, 0.3) is 5.24 Å². The first kappa shape index (κ1) is 15.7. The van der Waals surface area contributed by atoms with Gasteiger partial charge in [-0.15, -0.1) is 0 Å². The zero-order chi connectivity index (χ0) is 15.9. The van der Waals surface area contributed by atoms with Gasteiger partial charge in [-0.2, -0.15) is 0 Å². The Morgan fingerprint density at radius 3 is 2.32 bits per heavy atom. The van der Waals surface area contributed by atoms with E-state index in [-0.39, 0.29) is 0 Å². The van der Waals surface area contributed by atoms with Crippen molar-refractivity contribution in [1.29, 1.82) is 0 Å². The Bertz CT molecular complexity index is 891. The molecule has 0 spiro atoms. The maximum absolute atomic E-state index is 11.9. The number of fused-ring (bicyclic) bond motifs is 1. The molecule has 0 aliphatic heterocycles. The topological polar surface area (TPSA) is 30.0 Å². The molecule has 2 aromatic carbocycles. The molecule has 0 atom stereocenters. The fraction of sp³-hybridized carbons (Fsp3) is 0.0588. The monoisotopic (exact) mass is 437 g/mol. The van der Waals surface area contributed by atoms with Crippen molar-refractivity contribution in [3.63, 3.8) is 0 Å². The Labute approximate surface area is 149 Å². The Balaban J connectivity index is 2.37. The van der Waals surface area contributed by atoms with Gasteiger partial charge in [0.05, 0.1) is 11.2 Å². The van der Waals surface area contributed by atoms with E-state index in [0.29, 0.717) is 5.56 Å². The van der Waals surface area contributed by atoms with Crippen LogP contribution >= 0.6 is 43.5 Å².